The van der Waals surface area contributed by atoms with Gasteiger partial charge in [-0.15, -0.1) is 0 Å². The zero-order chi connectivity index (χ0) is 27.9. The molecule has 0 fully saturated rings. The maximum atomic E-state index is 13.5. The molecule has 0 aromatic heterocycles. The van der Waals surface area contributed by atoms with E-state index in [4.69, 9.17) is 25.8 Å². The van der Waals surface area contributed by atoms with E-state index < -0.39 is 5.97 Å². The highest BCUT2D eigenvalue weighted by molar-refractivity contribution is 6.30. The Labute approximate surface area is 231 Å². The molecular formula is C30H27ClN2O6. The van der Waals surface area contributed by atoms with Crippen LogP contribution in [0.5, 0.6) is 11.5 Å². The SMILES string of the molecule is CCOC(=O)C1=C(C)N(c2ccc(Cl)cc2)C(=O)C1=Cc1ccc(OCC(=O)Nc2ccc(OC)cc2)cc1. The van der Waals surface area contributed by atoms with Crippen LogP contribution >= 0.6 is 11.6 Å². The van der Waals surface area contributed by atoms with Gasteiger partial charge in [0, 0.05) is 22.1 Å². The molecule has 4 rings (SSSR count). The van der Waals surface area contributed by atoms with Crippen molar-refractivity contribution >= 4 is 46.8 Å². The van der Waals surface area contributed by atoms with Crippen LogP contribution in [0.2, 0.25) is 5.02 Å². The predicted molar refractivity (Wildman–Crippen MR) is 150 cm³/mol. The van der Waals surface area contributed by atoms with Crippen molar-refractivity contribution in [3.8, 4) is 11.5 Å². The molecule has 0 aliphatic carbocycles. The lowest BCUT2D eigenvalue weighted by Crippen LogP contribution is -2.24. The van der Waals surface area contributed by atoms with Gasteiger partial charge in [-0.2, -0.15) is 0 Å². The molecule has 1 aliphatic heterocycles. The van der Waals surface area contributed by atoms with Gasteiger partial charge >= 0.3 is 5.97 Å². The normalized spacial score (nSPS) is 14.0. The van der Waals surface area contributed by atoms with Crippen LogP contribution in [-0.4, -0.2) is 38.1 Å². The third-order valence-corrected chi connectivity index (χ3v) is 6.15. The van der Waals surface area contributed by atoms with Crippen molar-refractivity contribution in [2.75, 3.05) is 30.5 Å². The number of amides is 2. The summed E-state index contributed by atoms with van der Waals surface area (Å²) in [6.45, 7) is 3.40. The third kappa shape index (κ3) is 6.48. The molecule has 39 heavy (non-hydrogen) atoms. The maximum absolute atomic E-state index is 13.5. The van der Waals surface area contributed by atoms with Gasteiger partial charge in [-0.05, 0) is 86.2 Å². The Hall–Kier alpha value is -4.56. The van der Waals surface area contributed by atoms with Crippen LogP contribution in [0.15, 0.2) is 89.6 Å². The van der Waals surface area contributed by atoms with Crippen LogP contribution in [-0.2, 0) is 19.1 Å². The second-order valence-corrected chi connectivity index (χ2v) is 8.93. The summed E-state index contributed by atoms with van der Waals surface area (Å²) < 4.78 is 15.9. The Kier molecular flexibility index (Phi) is 8.68. The van der Waals surface area contributed by atoms with E-state index in [9.17, 15) is 14.4 Å². The molecule has 0 saturated heterocycles. The number of carbonyl (C=O) groups is 3. The fourth-order valence-corrected chi connectivity index (χ4v) is 4.16. The van der Waals surface area contributed by atoms with Crippen LogP contribution in [0.3, 0.4) is 0 Å². The van der Waals surface area contributed by atoms with Crippen LogP contribution in [0.4, 0.5) is 11.4 Å². The van der Waals surface area contributed by atoms with E-state index in [1.165, 1.54) is 4.90 Å². The van der Waals surface area contributed by atoms with Gasteiger partial charge < -0.3 is 19.5 Å². The molecule has 0 saturated carbocycles. The average Bonchev–Trinajstić information content (AvgIpc) is 3.18. The Bertz CT molecular complexity index is 1430. The van der Waals surface area contributed by atoms with Crippen LogP contribution in [0.1, 0.15) is 19.4 Å². The smallest absolute Gasteiger partial charge is 0.340 e. The van der Waals surface area contributed by atoms with Crippen LogP contribution in [0.25, 0.3) is 6.08 Å². The van der Waals surface area contributed by atoms with Gasteiger partial charge in [-0.3, -0.25) is 14.5 Å². The molecule has 1 aliphatic rings. The summed E-state index contributed by atoms with van der Waals surface area (Å²) >= 11 is 6.01. The van der Waals surface area contributed by atoms with Gasteiger partial charge in [0.1, 0.15) is 11.5 Å². The van der Waals surface area contributed by atoms with Gasteiger partial charge in [0.25, 0.3) is 11.8 Å². The quantitative estimate of drug-likeness (QED) is 0.276. The fraction of sp³-hybridized carbons (Fsp3) is 0.167. The van der Waals surface area contributed by atoms with Gasteiger partial charge in [-0.25, -0.2) is 4.79 Å². The Morgan fingerprint density at radius 3 is 2.21 bits per heavy atom. The summed E-state index contributed by atoms with van der Waals surface area (Å²) in [4.78, 5) is 40.0. The van der Waals surface area contributed by atoms with Gasteiger partial charge in [0.2, 0.25) is 0 Å². The molecule has 1 heterocycles. The lowest BCUT2D eigenvalue weighted by atomic mass is 10.0. The third-order valence-electron chi connectivity index (χ3n) is 5.90. The predicted octanol–water partition coefficient (Wildman–Crippen LogP) is 5.63. The van der Waals surface area contributed by atoms with Crippen molar-refractivity contribution in [3.63, 3.8) is 0 Å². The van der Waals surface area contributed by atoms with Gasteiger partial charge in [0.15, 0.2) is 6.61 Å². The summed E-state index contributed by atoms with van der Waals surface area (Å²) in [5, 5.41) is 3.29. The Morgan fingerprint density at radius 1 is 0.949 bits per heavy atom. The maximum Gasteiger partial charge on any atom is 0.340 e. The standard InChI is InChI=1S/C30H27ClN2O6/c1-4-38-30(36)28-19(2)33(23-11-7-21(31)8-12-23)29(35)26(28)17-20-5-13-25(14-6-20)39-18-27(34)32-22-9-15-24(37-3)16-10-22/h5-17H,4,18H2,1-3H3,(H,32,34). The number of anilines is 2. The lowest BCUT2D eigenvalue weighted by Gasteiger charge is -2.18. The molecule has 1 N–H and O–H groups in total. The number of hydrogen-bond donors (Lipinski definition) is 1. The lowest BCUT2D eigenvalue weighted by molar-refractivity contribution is -0.138. The number of esters is 1. The summed E-state index contributed by atoms with van der Waals surface area (Å²) in [6.07, 6.45) is 1.63. The minimum atomic E-state index is -0.575. The molecule has 3 aromatic carbocycles. The van der Waals surface area contributed by atoms with Crippen molar-refractivity contribution in [3.05, 3.63) is 100 Å². The van der Waals surface area contributed by atoms with Crippen molar-refractivity contribution in [2.24, 2.45) is 0 Å². The molecule has 8 nitrogen and oxygen atoms in total. The Balaban J connectivity index is 1.48. The van der Waals surface area contributed by atoms with Crippen molar-refractivity contribution in [2.45, 2.75) is 13.8 Å². The number of nitrogens with zero attached hydrogens (tertiary/aromatic N) is 1. The van der Waals surface area contributed by atoms with Crippen LogP contribution in [0, 0.1) is 0 Å². The molecule has 0 atom stereocenters. The molecule has 3 aromatic rings. The zero-order valence-corrected chi connectivity index (χ0v) is 22.5. The first-order valence-electron chi connectivity index (χ1n) is 12.2. The number of nitrogens with one attached hydrogen (secondary N) is 1. The van der Waals surface area contributed by atoms with E-state index in [1.54, 1.807) is 99.8 Å². The molecule has 0 unspecified atom stereocenters. The van der Waals surface area contributed by atoms with E-state index in [-0.39, 0.29) is 36.2 Å². The average molecular weight is 547 g/mol. The number of allylic oxidation sites excluding steroid dienone is 1. The molecule has 0 radical (unpaired) electrons. The number of rotatable bonds is 9. The highest BCUT2D eigenvalue weighted by atomic mass is 35.5. The highest BCUT2D eigenvalue weighted by Gasteiger charge is 2.38. The van der Waals surface area contributed by atoms with E-state index in [0.717, 1.165) is 0 Å². The van der Waals surface area contributed by atoms with E-state index in [0.29, 0.717) is 39.2 Å². The van der Waals surface area contributed by atoms with Crippen molar-refractivity contribution in [1.82, 2.24) is 0 Å². The first-order chi connectivity index (χ1) is 18.8. The van der Waals surface area contributed by atoms with E-state index in [2.05, 4.69) is 5.32 Å². The number of hydrogen-bond acceptors (Lipinski definition) is 6. The fourth-order valence-electron chi connectivity index (χ4n) is 4.03. The molecular weight excluding hydrogens is 520 g/mol. The summed E-state index contributed by atoms with van der Waals surface area (Å²) in [5.74, 6) is -0.0802. The first kappa shape index (κ1) is 27.5. The largest absolute Gasteiger partial charge is 0.497 e. The number of halogens is 1. The highest BCUT2D eigenvalue weighted by Crippen LogP contribution is 2.36. The number of methoxy groups -OCH3 is 1. The summed E-state index contributed by atoms with van der Waals surface area (Å²) in [5.41, 5.74) is 2.77. The van der Waals surface area contributed by atoms with Gasteiger partial charge in [-0.1, -0.05) is 23.7 Å². The minimum Gasteiger partial charge on any atom is -0.497 e. The summed E-state index contributed by atoms with van der Waals surface area (Å²) in [7, 11) is 1.57. The topological polar surface area (TPSA) is 94.2 Å². The minimum absolute atomic E-state index is 0.177. The second-order valence-electron chi connectivity index (χ2n) is 8.49. The zero-order valence-electron chi connectivity index (χ0n) is 21.7. The molecule has 200 valence electrons. The van der Waals surface area contributed by atoms with E-state index in [1.807, 2.05) is 0 Å². The monoisotopic (exact) mass is 546 g/mol. The number of carbonyl (C=O) groups excluding carboxylic acids is 3. The van der Waals surface area contributed by atoms with Crippen molar-refractivity contribution < 1.29 is 28.6 Å². The summed E-state index contributed by atoms with van der Waals surface area (Å²) in [6, 6.07) is 20.6. The molecule has 0 spiro atoms. The molecule has 9 heteroatoms. The number of ether oxygens (including phenoxy) is 3. The Morgan fingerprint density at radius 2 is 1.59 bits per heavy atom. The first-order valence-corrected chi connectivity index (χ1v) is 12.6. The van der Waals surface area contributed by atoms with Gasteiger partial charge in [0.05, 0.1) is 24.9 Å². The molecule has 2 amide bonds. The molecule has 0 bridgehead atoms. The van der Waals surface area contributed by atoms with Crippen molar-refractivity contribution in [1.29, 1.82) is 0 Å². The number of benzene rings is 3. The second kappa shape index (κ2) is 12.3. The van der Waals surface area contributed by atoms with E-state index >= 15 is 0 Å². The van der Waals surface area contributed by atoms with Crippen LogP contribution < -0.4 is 19.7 Å².